The van der Waals surface area contributed by atoms with Crippen molar-refractivity contribution in [2.24, 2.45) is 0 Å². The second-order valence-corrected chi connectivity index (χ2v) is 9.26. The molecule has 0 radical (unpaired) electrons. The van der Waals surface area contributed by atoms with Gasteiger partial charge in [-0.25, -0.2) is 17.5 Å². The second-order valence-electron chi connectivity index (χ2n) is 7.50. The Bertz CT molecular complexity index is 1080. The van der Waals surface area contributed by atoms with Crippen molar-refractivity contribution in [2.45, 2.75) is 37.6 Å². The van der Waals surface area contributed by atoms with Crippen molar-refractivity contribution in [1.82, 2.24) is 14.9 Å². The molecule has 0 aromatic heterocycles. The average molecular weight is 448 g/mol. The Morgan fingerprint density at radius 3 is 2.42 bits per heavy atom. The number of benzene rings is 2. The smallest absolute Gasteiger partial charge is 0.256 e. The maximum Gasteiger partial charge on any atom is 0.256 e. The van der Waals surface area contributed by atoms with E-state index in [1.54, 1.807) is 30.9 Å². The molecule has 7 nitrogen and oxygen atoms in total. The Balaban J connectivity index is 1.64. The van der Waals surface area contributed by atoms with E-state index in [2.05, 4.69) is 10.0 Å². The van der Waals surface area contributed by atoms with E-state index in [9.17, 15) is 22.4 Å². The molecule has 2 aromatic carbocycles. The number of sulfonamides is 1. The van der Waals surface area contributed by atoms with Gasteiger partial charge < -0.3 is 10.2 Å². The number of nitrogens with zero attached hydrogens (tertiary/aromatic N) is 1. The number of nitrogens with one attached hydrogen (secondary N) is 2. The zero-order valence-corrected chi connectivity index (χ0v) is 18.3. The lowest BCUT2D eigenvalue weighted by atomic mass is 10.0. The van der Waals surface area contributed by atoms with Gasteiger partial charge in [0.15, 0.2) is 0 Å². The van der Waals surface area contributed by atoms with E-state index in [0.717, 1.165) is 0 Å². The molecule has 1 fully saturated rings. The molecular formula is C22H26FN3O4S. The van der Waals surface area contributed by atoms with Crippen LogP contribution >= 0.6 is 0 Å². The van der Waals surface area contributed by atoms with Gasteiger partial charge in [0.2, 0.25) is 10.0 Å². The zero-order valence-electron chi connectivity index (χ0n) is 17.5. The Kier molecular flexibility index (Phi) is 7.07. The first kappa shape index (κ1) is 22.9. The minimum Gasteiger partial charge on any atom is -0.349 e. The van der Waals surface area contributed by atoms with Crippen molar-refractivity contribution < 1.29 is 22.4 Å². The maximum absolute atomic E-state index is 13.9. The first-order valence-corrected chi connectivity index (χ1v) is 11.7. The molecule has 9 heteroatoms. The van der Waals surface area contributed by atoms with Crippen molar-refractivity contribution in [3.05, 3.63) is 65.0 Å². The van der Waals surface area contributed by atoms with E-state index in [0.29, 0.717) is 37.1 Å². The number of carbonyl (C=O) groups excluding carboxylic acids is 2. The van der Waals surface area contributed by atoms with Crippen LogP contribution < -0.4 is 10.0 Å². The summed E-state index contributed by atoms with van der Waals surface area (Å²) in [6.07, 6.45) is 1.06. The van der Waals surface area contributed by atoms with E-state index >= 15 is 0 Å². The lowest BCUT2D eigenvalue weighted by Crippen LogP contribution is -2.46. The van der Waals surface area contributed by atoms with Gasteiger partial charge in [0, 0.05) is 31.2 Å². The van der Waals surface area contributed by atoms with Gasteiger partial charge in [-0.3, -0.25) is 9.59 Å². The third-order valence-electron chi connectivity index (χ3n) is 5.32. The summed E-state index contributed by atoms with van der Waals surface area (Å²) >= 11 is 0. The number of likely N-dealkylation sites (tertiary alicyclic amines) is 1. The molecule has 166 valence electrons. The van der Waals surface area contributed by atoms with E-state index in [1.165, 1.54) is 30.3 Å². The summed E-state index contributed by atoms with van der Waals surface area (Å²) in [4.78, 5) is 26.9. The lowest BCUT2D eigenvalue weighted by Gasteiger charge is -2.32. The van der Waals surface area contributed by atoms with E-state index in [1.807, 2.05) is 0 Å². The van der Waals surface area contributed by atoms with Crippen LogP contribution in [0.2, 0.25) is 0 Å². The Labute approximate surface area is 181 Å². The summed E-state index contributed by atoms with van der Waals surface area (Å²) < 4.78 is 40.8. The number of carbonyl (C=O) groups is 2. The van der Waals surface area contributed by atoms with Gasteiger partial charge in [0.25, 0.3) is 11.8 Å². The topological polar surface area (TPSA) is 95.6 Å². The van der Waals surface area contributed by atoms with Crippen LogP contribution in [0.5, 0.6) is 0 Å². The molecule has 1 heterocycles. The molecule has 0 unspecified atom stereocenters. The third kappa shape index (κ3) is 5.29. The molecule has 0 atom stereocenters. The quantitative estimate of drug-likeness (QED) is 0.711. The van der Waals surface area contributed by atoms with Crippen molar-refractivity contribution in [3.63, 3.8) is 0 Å². The van der Waals surface area contributed by atoms with Crippen molar-refractivity contribution in [1.29, 1.82) is 0 Å². The van der Waals surface area contributed by atoms with Crippen molar-refractivity contribution in [3.8, 4) is 0 Å². The Morgan fingerprint density at radius 1 is 1.10 bits per heavy atom. The monoisotopic (exact) mass is 447 g/mol. The first-order valence-electron chi connectivity index (χ1n) is 10.2. The standard InChI is InChI=1S/C22H26FN3O4S/c1-3-24-31(29,30)17-9-8-15(2)19(14-17)21(27)25-16-10-12-26(13-11-16)22(28)18-6-4-5-7-20(18)23/h4-9,14,16,24H,3,10-13H2,1-2H3,(H,25,27). The molecule has 1 saturated heterocycles. The summed E-state index contributed by atoms with van der Waals surface area (Å²) in [6, 6.07) is 10.2. The van der Waals surface area contributed by atoms with Crippen LogP contribution in [0.1, 0.15) is 46.0 Å². The molecule has 3 rings (SSSR count). The zero-order chi connectivity index (χ0) is 22.6. The van der Waals surface area contributed by atoms with Gasteiger partial charge in [0.1, 0.15) is 5.82 Å². The molecule has 0 aliphatic carbocycles. The van der Waals surface area contributed by atoms with Crippen LogP contribution in [0.3, 0.4) is 0 Å². The van der Waals surface area contributed by atoms with Gasteiger partial charge >= 0.3 is 0 Å². The third-order valence-corrected chi connectivity index (χ3v) is 6.86. The normalized spacial score (nSPS) is 15.0. The van der Waals surface area contributed by atoms with Gasteiger partial charge in [-0.15, -0.1) is 0 Å². The molecule has 0 spiro atoms. The summed E-state index contributed by atoms with van der Waals surface area (Å²) in [7, 11) is -3.67. The van der Waals surface area contributed by atoms with Gasteiger partial charge in [-0.1, -0.05) is 25.1 Å². The van der Waals surface area contributed by atoms with E-state index < -0.39 is 15.8 Å². The van der Waals surface area contributed by atoms with E-state index in [-0.39, 0.29) is 34.9 Å². The average Bonchev–Trinajstić information content (AvgIpc) is 2.74. The lowest BCUT2D eigenvalue weighted by molar-refractivity contribution is 0.0693. The van der Waals surface area contributed by atoms with Gasteiger partial charge in [0.05, 0.1) is 10.5 Å². The predicted octanol–water partition coefficient (Wildman–Crippen LogP) is 2.47. The van der Waals surface area contributed by atoms with Crippen molar-refractivity contribution >= 4 is 21.8 Å². The highest BCUT2D eigenvalue weighted by Gasteiger charge is 2.27. The summed E-state index contributed by atoms with van der Waals surface area (Å²) in [5.74, 6) is -1.27. The highest BCUT2D eigenvalue weighted by molar-refractivity contribution is 7.89. The fourth-order valence-corrected chi connectivity index (χ4v) is 4.65. The first-order chi connectivity index (χ1) is 14.7. The molecule has 1 aliphatic heterocycles. The Morgan fingerprint density at radius 2 is 1.77 bits per heavy atom. The molecule has 1 aliphatic rings. The Hall–Kier alpha value is -2.78. The van der Waals surface area contributed by atoms with Crippen LogP contribution in [-0.4, -0.2) is 50.8 Å². The summed E-state index contributed by atoms with van der Waals surface area (Å²) in [5.41, 5.74) is 1.00. The van der Waals surface area contributed by atoms with Gasteiger partial charge in [-0.05, 0) is 49.6 Å². The highest BCUT2D eigenvalue weighted by Crippen LogP contribution is 2.19. The number of rotatable bonds is 6. The fraction of sp³-hybridized carbons (Fsp3) is 0.364. The number of piperidine rings is 1. The SMILES string of the molecule is CCNS(=O)(=O)c1ccc(C)c(C(=O)NC2CCN(C(=O)c3ccccc3F)CC2)c1. The molecular weight excluding hydrogens is 421 g/mol. The van der Waals surface area contributed by atoms with Crippen LogP contribution in [0.15, 0.2) is 47.4 Å². The van der Waals surface area contributed by atoms with Crippen molar-refractivity contribution in [2.75, 3.05) is 19.6 Å². The second kappa shape index (κ2) is 9.57. The molecule has 2 aromatic rings. The highest BCUT2D eigenvalue weighted by atomic mass is 32.2. The molecule has 0 saturated carbocycles. The summed E-state index contributed by atoms with van der Waals surface area (Å²) in [6.45, 7) is 4.47. The van der Waals surface area contributed by atoms with Crippen LogP contribution in [0.4, 0.5) is 4.39 Å². The number of aryl methyl sites for hydroxylation is 1. The largest absolute Gasteiger partial charge is 0.349 e. The van der Waals surface area contributed by atoms with Crippen LogP contribution in [0, 0.1) is 12.7 Å². The minimum absolute atomic E-state index is 0.0374. The fourth-order valence-electron chi connectivity index (χ4n) is 3.58. The maximum atomic E-state index is 13.9. The molecule has 2 N–H and O–H groups in total. The van der Waals surface area contributed by atoms with E-state index in [4.69, 9.17) is 0 Å². The van der Waals surface area contributed by atoms with Gasteiger partial charge in [-0.2, -0.15) is 0 Å². The van der Waals surface area contributed by atoms with Crippen LogP contribution in [0.25, 0.3) is 0 Å². The number of halogens is 1. The molecule has 0 bridgehead atoms. The molecule has 2 amide bonds. The number of hydrogen-bond donors (Lipinski definition) is 2. The minimum atomic E-state index is -3.67. The molecule has 31 heavy (non-hydrogen) atoms. The predicted molar refractivity (Wildman–Crippen MR) is 115 cm³/mol. The van der Waals surface area contributed by atoms with Crippen LogP contribution in [-0.2, 0) is 10.0 Å². The summed E-state index contributed by atoms with van der Waals surface area (Å²) in [5, 5.41) is 2.93. The number of amides is 2. The number of hydrogen-bond acceptors (Lipinski definition) is 4.